The van der Waals surface area contributed by atoms with Crippen molar-refractivity contribution in [2.24, 2.45) is 5.92 Å². The van der Waals surface area contributed by atoms with Crippen molar-refractivity contribution >= 4 is 16.1 Å². The first-order valence-electron chi connectivity index (χ1n) is 7.94. The van der Waals surface area contributed by atoms with Crippen molar-refractivity contribution in [3.63, 3.8) is 0 Å². The zero-order chi connectivity index (χ0) is 15.3. The lowest BCUT2D eigenvalue weighted by molar-refractivity contribution is 0.160. The van der Waals surface area contributed by atoms with Crippen molar-refractivity contribution in [3.05, 3.63) is 0 Å². The van der Waals surface area contributed by atoms with Crippen LogP contribution in [0.4, 0.5) is 4.79 Å². The Morgan fingerprint density at radius 1 is 1.14 bits per heavy atom. The van der Waals surface area contributed by atoms with Crippen LogP contribution in [0.15, 0.2) is 0 Å². The molecule has 1 aliphatic carbocycles. The number of sulfonamides is 1. The van der Waals surface area contributed by atoms with Crippen LogP contribution in [0, 0.1) is 5.92 Å². The van der Waals surface area contributed by atoms with Gasteiger partial charge in [0.15, 0.2) is 0 Å². The molecule has 7 heteroatoms. The average Bonchev–Trinajstić information content (AvgIpc) is 2.46. The number of nitrogens with zero attached hydrogens (tertiary/aromatic N) is 1. The molecule has 6 nitrogen and oxygen atoms in total. The minimum absolute atomic E-state index is 0.0194. The van der Waals surface area contributed by atoms with Gasteiger partial charge in [-0.3, -0.25) is 0 Å². The molecule has 0 unspecified atom stereocenters. The summed E-state index contributed by atoms with van der Waals surface area (Å²) in [5, 5.41) is 3.13. The Hall–Kier alpha value is -0.820. The van der Waals surface area contributed by atoms with Crippen molar-refractivity contribution in [1.29, 1.82) is 0 Å². The van der Waals surface area contributed by atoms with Gasteiger partial charge in [0.2, 0.25) is 10.0 Å². The highest BCUT2D eigenvalue weighted by molar-refractivity contribution is 7.88. The maximum atomic E-state index is 12.3. The van der Waals surface area contributed by atoms with E-state index in [1.165, 1.54) is 25.5 Å². The second-order valence-corrected chi connectivity index (χ2v) is 8.19. The fourth-order valence-electron chi connectivity index (χ4n) is 3.20. The molecular weight excluding hydrogens is 290 g/mol. The summed E-state index contributed by atoms with van der Waals surface area (Å²) < 4.78 is 24.8. The van der Waals surface area contributed by atoms with E-state index in [9.17, 15) is 13.2 Å². The number of piperidine rings is 1. The van der Waals surface area contributed by atoms with Gasteiger partial charge in [0.05, 0.1) is 6.26 Å². The third-order valence-corrected chi connectivity index (χ3v) is 5.06. The summed E-state index contributed by atoms with van der Waals surface area (Å²) in [5.74, 6) is 0.214. The molecule has 0 bridgehead atoms. The van der Waals surface area contributed by atoms with Gasteiger partial charge in [0.1, 0.15) is 0 Å². The van der Waals surface area contributed by atoms with E-state index in [0.717, 1.165) is 32.2 Å². The summed E-state index contributed by atoms with van der Waals surface area (Å²) >= 11 is 0. The molecule has 1 heterocycles. The number of hydrogen-bond acceptors (Lipinski definition) is 3. The van der Waals surface area contributed by atoms with Gasteiger partial charge < -0.3 is 10.2 Å². The van der Waals surface area contributed by atoms with Crippen LogP contribution in [0.25, 0.3) is 0 Å². The quantitative estimate of drug-likeness (QED) is 0.820. The minimum atomic E-state index is -3.15. The Balaban J connectivity index is 1.78. The van der Waals surface area contributed by atoms with E-state index in [1.54, 1.807) is 0 Å². The maximum Gasteiger partial charge on any atom is 0.317 e. The molecular formula is C14H27N3O3S. The Kier molecular flexibility index (Phi) is 5.87. The predicted octanol–water partition coefficient (Wildman–Crippen LogP) is 1.29. The molecule has 0 radical (unpaired) electrons. The van der Waals surface area contributed by atoms with Gasteiger partial charge in [0, 0.05) is 25.7 Å². The molecule has 1 saturated carbocycles. The molecule has 0 spiro atoms. The number of rotatable bonds is 4. The first kappa shape index (κ1) is 16.5. The van der Waals surface area contributed by atoms with E-state index in [0.29, 0.717) is 19.1 Å². The molecule has 2 amide bonds. The van der Waals surface area contributed by atoms with Gasteiger partial charge in [-0.15, -0.1) is 0 Å². The first-order chi connectivity index (χ1) is 9.94. The van der Waals surface area contributed by atoms with Crippen LogP contribution in [-0.4, -0.2) is 51.3 Å². The fourth-order valence-corrected chi connectivity index (χ4v) is 3.74. The molecule has 21 heavy (non-hydrogen) atoms. The lowest BCUT2D eigenvalue weighted by Gasteiger charge is -2.34. The minimum Gasteiger partial charge on any atom is -0.335 e. The van der Waals surface area contributed by atoms with Crippen LogP contribution in [-0.2, 0) is 10.0 Å². The first-order valence-corrected chi connectivity index (χ1v) is 9.83. The molecule has 1 aliphatic heterocycles. The molecule has 0 aromatic heterocycles. The van der Waals surface area contributed by atoms with E-state index in [2.05, 4.69) is 10.0 Å². The molecule has 2 fully saturated rings. The van der Waals surface area contributed by atoms with Crippen LogP contribution in [0.2, 0.25) is 0 Å². The maximum absolute atomic E-state index is 12.3. The largest absolute Gasteiger partial charge is 0.335 e. The molecule has 1 atom stereocenters. The second-order valence-electron chi connectivity index (χ2n) is 6.36. The summed E-state index contributed by atoms with van der Waals surface area (Å²) in [4.78, 5) is 14.1. The van der Waals surface area contributed by atoms with Crippen molar-refractivity contribution < 1.29 is 13.2 Å². The number of carbonyl (C=O) groups is 1. The second kappa shape index (κ2) is 7.45. The Labute approximate surface area is 127 Å². The zero-order valence-corrected chi connectivity index (χ0v) is 13.6. The average molecular weight is 317 g/mol. The van der Waals surface area contributed by atoms with Crippen molar-refractivity contribution in [1.82, 2.24) is 14.9 Å². The lowest BCUT2D eigenvalue weighted by Crippen LogP contribution is -2.50. The summed E-state index contributed by atoms with van der Waals surface area (Å²) in [6, 6.07) is 0.340. The van der Waals surface area contributed by atoms with Gasteiger partial charge >= 0.3 is 6.03 Å². The number of carbonyl (C=O) groups excluding carboxylic acids is 1. The van der Waals surface area contributed by atoms with Crippen molar-refractivity contribution in [2.45, 2.75) is 51.0 Å². The van der Waals surface area contributed by atoms with E-state index in [4.69, 9.17) is 0 Å². The van der Waals surface area contributed by atoms with E-state index in [1.807, 2.05) is 4.90 Å². The topological polar surface area (TPSA) is 78.5 Å². The van der Waals surface area contributed by atoms with Gasteiger partial charge in [0.25, 0.3) is 0 Å². The number of nitrogens with one attached hydrogen (secondary N) is 2. The van der Waals surface area contributed by atoms with E-state index < -0.39 is 10.0 Å². The number of amides is 2. The SMILES string of the molecule is CS(=O)(=O)NC[C@@H]1CCCN(C(=O)NC2CCCCC2)C1. The molecule has 2 rings (SSSR count). The predicted molar refractivity (Wildman–Crippen MR) is 82.5 cm³/mol. The van der Waals surface area contributed by atoms with Gasteiger partial charge in [-0.05, 0) is 31.6 Å². The smallest absolute Gasteiger partial charge is 0.317 e. The van der Waals surface area contributed by atoms with Crippen LogP contribution in [0.5, 0.6) is 0 Å². The third-order valence-electron chi connectivity index (χ3n) is 4.37. The number of urea groups is 1. The van der Waals surface area contributed by atoms with Crippen LogP contribution in [0.3, 0.4) is 0 Å². The monoisotopic (exact) mass is 317 g/mol. The number of hydrogen-bond donors (Lipinski definition) is 2. The molecule has 1 saturated heterocycles. The van der Waals surface area contributed by atoms with Crippen LogP contribution < -0.4 is 10.0 Å². The van der Waals surface area contributed by atoms with Crippen molar-refractivity contribution in [2.75, 3.05) is 25.9 Å². The summed E-state index contributed by atoms with van der Waals surface area (Å²) in [5.41, 5.74) is 0. The molecule has 122 valence electrons. The lowest BCUT2D eigenvalue weighted by atomic mass is 9.95. The standard InChI is InChI=1S/C14H27N3O3S/c1-21(19,20)15-10-12-6-5-9-17(11-12)14(18)16-13-7-3-2-4-8-13/h12-13,15H,2-11H2,1H3,(H,16,18)/t12-/m0/s1. The van der Waals surface area contributed by atoms with Crippen molar-refractivity contribution in [3.8, 4) is 0 Å². The Morgan fingerprint density at radius 2 is 1.86 bits per heavy atom. The zero-order valence-electron chi connectivity index (χ0n) is 12.8. The third kappa shape index (κ3) is 5.82. The summed E-state index contributed by atoms with van der Waals surface area (Å²) in [6.07, 6.45) is 8.91. The Morgan fingerprint density at radius 3 is 2.52 bits per heavy atom. The van der Waals surface area contributed by atoms with E-state index >= 15 is 0 Å². The highest BCUT2D eigenvalue weighted by atomic mass is 32.2. The highest BCUT2D eigenvalue weighted by Crippen LogP contribution is 2.19. The molecule has 0 aromatic rings. The van der Waals surface area contributed by atoms with Gasteiger partial charge in [-0.1, -0.05) is 19.3 Å². The van der Waals surface area contributed by atoms with Gasteiger partial charge in [-0.25, -0.2) is 17.9 Å². The highest BCUT2D eigenvalue weighted by Gasteiger charge is 2.26. The molecule has 2 aliphatic rings. The van der Waals surface area contributed by atoms with E-state index in [-0.39, 0.29) is 11.9 Å². The van der Waals surface area contributed by atoms with Gasteiger partial charge in [-0.2, -0.15) is 0 Å². The van der Waals surface area contributed by atoms with Crippen LogP contribution >= 0.6 is 0 Å². The number of likely N-dealkylation sites (tertiary alicyclic amines) is 1. The summed E-state index contributed by atoms with van der Waals surface area (Å²) in [6.45, 7) is 1.83. The van der Waals surface area contributed by atoms with Crippen LogP contribution in [0.1, 0.15) is 44.9 Å². The normalized spacial score (nSPS) is 24.8. The summed E-state index contributed by atoms with van der Waals surface area (Å²) in [7, 11) is -3.15. The Bertz CT molecular complexity index is 446. The molecule has 0 aromatic carbocycles. The molecule has 2 N–H and O–H groups in total. The fraction of sp³-hybridized carbons (Fsp3) is 0.929.